The van der Waals surface area contributed by atoms with Gasteiger partial charge in [0.15, 0.2) is 0 Å². The maximum atomic E-state index is 5.76. The normalized spacial score (nSPS) is 13.2. The lowest BCUT2D eigenvalue weighted by molar-refractivity contribution is 0.111. The van der Waals surface area contributed by atoms with Gasteiger partial charge < -0.3 is 15.0 Å². The fraction of sp³-hybridized carbons (Fsp3) is 0.348. The van der Waals surface area contributed by atoms with E-state index < -0.39 is 0 Å². The second-order valence-corrected chi connectivity index (χ2v) is 7.37. The summed E-state index contributed by atoms with van der Waals surface area (Å²) in [6, 6.07) is 8.51. The van der Waals surface area contributed by atoms with Gasteiger partial charge in [-0.15, -0.1) is 0 Å². The van der Waals surface area contributed by atoms with Crippen LogP contribution in [0.2, 0.25) is 0 Å². The first-order valence-electron chi connectivity index (χ1n) is 9.75. The number of nitrogens with zero attached hydrogens (tertiary/aromatic N) is 3. The third kappa shape index (κ3) is 4.26. The molecule has 2 N–H and O–H groups in total. The molecule has 0 bridgehead atoms. The molecule has 2 heterocycles. The molecule has 0 spiro atoms. The third-order valence-electron chi connectivity index (χ3n) is 4.92. The molecule has 1 aromatic carbocycles. The molecule has 1 atom stereocenters. The van der Waals surface area contributed by atoms with E-state index in [4.69, 9.17) is 10.5 Å². The van der Waals surface area contributed by atoms with Gasteiger partial charge in [0.05, 0.1) is 24.9 Å². The van der Waals surface area contributed by atoms with Crippen molar-refractivity contribution in [3.63, 3.8) is 0 Å². The van der Waals surface area contributed by atoms with Crippen LogP contribution in [-0.2, 0) is 17.8 Å². The number of rotatable bonds is 8. The minimum atomic E-state index is 0.0412. The highest BCUT2D eigenvalue weighted by molar-refractivity contribution is 5.85. The van der Waals surface area contributed by atoms with Crippen molar-refractivity contribution >= 4 is 22.3 Å². The molecule has 28 heavy (non-hydrogen) atoms. The number of allylic oxidation sites excluding steroid dienone is 3. The van der Waals surface area contributed by atoms with Crippen molar-refractivity contribution in [3.05, 3.63) is 66.1 Å². The average molecular weight is 379 g/mol. The smallest absolute Gasteiger partial charge is 0.0718 e. The molecule has 0 fully saturated rings. The zero-order valence-corrected chi connectivity index (χ0v) is 17.3. The maximum Gasteiger partial charge on any atom is 0.0718 e. The number of aromatic nitrogens is 3. The van der Waals surface area contributed by atoms with E-state index in [2.05, 4.69) is 73.6 Å². The van der Waals surface area contributed by atoms with E-state index in [9.17, 15) is 0 Å². The van der Waals surface area contributed by atoms with Crippen LogP contribution in [0.5, 0.6) is 0 Å². The topological polar surface area (TPSA) is 58.0 Å². The average Bonchev–Trinajstić information content (AvgIpc) is 3.24. The molecule has 0 saturated carbocycles. The summed E-state index contributed by atoms with van der Waals surface area (Å²) < 4.78 is 9.76. The number of benzene rings is 1. The molecule has 0 aliphatic carbocycles. The van der Waals surface area contributed by atoms with Gasteiger partial charge in [0, 0.05) is 29.3 Å². The summed E-state index contributed by atoms with van der Waals surface area (Å²) in [7, 11) is 0. The maximum absolute atomic E-state index is 5.76. The summed E-state index contributed by atoms with van der Waals surface area (Å²) in [5, 5.41) is 5.69. The Morgan fingerprint density at radius 2 is 2.14 bits per heavy atom. The molecule has 2 aromatic heterocycles. The Labute approximate surface area is 167 Å². The van der Waals surface area contributed by atoms with Crippen LogP contribution in [0.25, 0.3) is 22.3 Å². The Morgan fingerprint density at radius 3 is 2.82 bits per heavy atom. The van der Waals surface area contributed by atoms with Crippen LogP contribution in [0.3, 0.4) is 0 Å². The molecule has 148 valence electrons. The fourth-order valence-corrected chi connectivity index (χ4v) is 3.39. The van der Waals surface area contributed by atoms with Crippen molar-refractivity contribution < 1.29 is 4.74 Å². The second-order valence-electron chi connectivity index (χ2n) is 7.37. The lowest BCUT2D eigenvalue weighted by atomic mass is 10.2. The van der Waals surface area contributed by atoms with Crippen LogP contribution in [0.4, 0.5) is 0 Å². The van der Waals surface area contributed by atoms with E-state index in [-0.39, 0.29) is 6.04 Å². The van der Waals surface area contributed by atoms with E-state index in [0.29, 0.717) is 13.2 Å². The first-order valence-corrected chi connectivity index (χ1v) is 9.75. The first kappa shape index (κ1) is 20.1. The lowest BCUT2D eigenvalue weighted by Crippen LogP contribution is -2.21. The number of hydrogen-bond donors (Lipinski definition) is 1. The van der Waals surface area contributed by atoms with Crippen molar-refractivity contribution in [2.24, 2.45) is 5.73 Å². The van der Waals surface area contributed by atoms with E-state index in [0.717, 1.165) is 28.9 Å². The first-order chi connectivity index (χ1) is 13.4. The van der Waals surface area contributed by atoms with Crippen molar-refractivity contribution in [1.29, 1.82) is 0 Å². The minimum Gasteiger partial charge on any atom is -0.375 e. The van der Waals surface area contributed by atoms with Crippen LogP contribution in [0.15, 0.2) is 49.3 Å². The van der Waals surface area contributed by atoms with Crippen LogP contribution in [-0.4, -0.2) is 27.0 Å². The Hall–Kier alpha value is -2.63. The second kappa shape index (κ2) is 8.59. The van der Waals surface area contributed by atoms with E-state index >= 15 is 0 Å². The Kier molecular flexibility index (Phi) is 6.17. The number of ether oxygens (including phenoxy) is 1. The predicted molar refractivity (Wildman–Crippen MR) is 117 cm³/mol. The molecule has 1 unspecified atom stereocenters. The van der Waals surface area contributed by atoms with Crippen LogP contribution in [0.1, 0.15) is 37.6 Å². The lowest BCUT2D eigenvalue weighted by Gasteiger charge is -2.11. The summed E-state index contributed by atoms with van der Waals surface area (Å²) >= 11 is 0. The van der Waals surface area contributed by atoms with Gasteiger partial charge in [-0.05, 0) is 61.9 Å². The van der Waals surface area contributed by atoms with Crippen molar-refractivity contribution in [2.75, 3.05) is 6.61 Å². The van der Waals surface area contributed by atoms with Crippen molar-refractivity contribution in [1.82, 2.24) is 14.3 Å². The highest BCUT2D eigenvalue weighted by atomic mass is 16.5. The van der Waals surface area contributed by atoms with E-state index in [1.54, 1.807) is 0 Å². The van der Waals surface area contributed by atoms with E-state index in [1.165, 1.54) is 16.6 Å². The highest BCUT2D eigenvalue weighted by Gasteiger charge is 2.08. The quantitative estimate of drug-likeness (QED) is 0.583. The molecule has 5 nitrogen and oxygen atoms in total. The van der Waals surface area contributed by atoms with Gasteiger partial charge in [-0.1, -0.05) is 25.6 Å². The Balaban J connectivity index is 1.85. The monoisotopic (exact) mass is 378 g/mol. The molecule has 3 rings (SSSR count). The number of hydrogen-bond acceptors (Lipinski definition) is 3. The van der Waals surface area contributed by atoms with Crippen LogP contribution in [0, 0.1) is 6.92 Å². The molecular weight excluding hydrogens is 348 g/mol. The number of aryl methyl sites for hydroxylation is 1. The van der Waals surface area contributed by atoms with Crippen molar-refractivity contribution in [3.8, 4) is 0 Å². The highest BCUT2D eigenvalue weighted by Crippen LogP contribution is 2.23. The number of fused-ring (bicyclic) bond motifs is 1. The summed E-state index contributed by atoms with van der Waals surface area (Å²) in [5.74, 6) is 0. The van der Waals surface area contributed by atoms with Gasteiger partial charge in [-0.25, -0.2) is 4.68 Å². The van der Waals surface area contributed by atoms with Gasteiger partial charge in [0.2, 0.25) is 0 Å². The van der Waals surface area contributed by atoms with Crippen molar-refractivity contribution in [2.45, 2.75) is 46.8 Å². The molecule has 3 aromatic rings. The summed E-state index contributed by atoms with van der Waals surface area (Å²) in [6.45, 7) is 13.6. The largest absolute Gasteiger partial charge is 0.375 e. The van der Waals surface area contributed by atoms with Gasteiger partial charge in [0.25, 0.3) is 0 Å². The van der Waals surface area contributed by atoms with Gasteiger partial charge >= 0.3 is 0 Å². The molecule has 5 heteroatoms. The zero-order valence-electron chi connectivity index (χ0n) is 17.3. The van der Waals surface area contributed by atoms with Gasteiger partial charge in [-0.2, -0.15) is 5.10 Å². The Morgan fingerprint density at radius 1 is 1.36 bits per heavy atom. The van der Waals surface area contributed by atoms with Gasteiger partial charge in [-0.3, -0.25) is 0 Å². The predicted octanol–water partition coefficient (Wildman–Crippen LogP) is 4.60. The van der Waals surface area contributed by atoms with Crippen LogP contribution >= 0.6 is 0 Å². The van der Waals surface area contributed by atoms with E-state index in [1.807, 2.05) is 17.8 Å². The summed E-state index contributed by atoms with van der Waals surface area (Å²) in [5.41, 5.74) is 12.4. The molecular formula is C23H30N4O. The minimum absolute atomic E-state index is 0.0412. The molecule has 0 amide bonds. The third-order valence-corrected chi connectivity index (χ3v) is 4.92. The molecule has 0 radical (unpaired) electrons. The molecule has 0 aliphatic rings. The molecule has 0 saturated heterocycles. The summed E-state index contributed by atoms with van der Waals surface area (Å²) in [6.07, 6.45) is 7.04. The van der Waals surface area contributed by atoms with Crippen LogP contribution < -0.4 is 5.73 Å². The molecule has 0 aliphatic heterocycles. The number of nitrogens with two attached hydrogens (primary N) is 1. The SMILES string of the molecule is C=C(/C=C(/C)n1ncc(CC)c1C)n1ccc2ccc(COCC(C)N)cc21. The zero-order chi connectivity index (χ0) is 20.3. The Bertz CT molecular complexity index is 1010. The fourth-order valence-electron chi connectivity index (χ4n) is 3.39. The standard InChI is InChI=1S/C23H30N4O/c1-6-21-13-25-27(19(21)5)18(4)11-17(3)26-10-9-22-8-7-20(12-23(22)26)15-28-14-16(2)24/h7-13,16H,3,6,14-15,24H2,1-2,4-5H3/b18-11-. The summed E-state index contributed by atoms with van der Waals surface area (Å²) in [4.78, 5) is 0. The van der Waals surface area contributed by atoms with Gasteiger partial charge in [0.1, 0.15) is 0 Å².